The number of likely N-dealkylation sites (tertiary alicyclic amines) is 2. The minimum atomic E-state index is -0.464. The Morgan fingerprint density at radius 3 is 2.10 bits per heavy atom. The van der Waals surface area contributed by atoms with Gasteiger partial charge in [0, 0.05) is 0 Å². The molecular weight excluding hydrogens is 364 g/mol. The molecule has 0 spiro atoms. The van der Waals surface area contributed by atoms with E-state index < -0.39 is 5.54 Å². The number of hydrogen-bond acceptors (Lipinski definition) is 4. The zero-order valence-corrected chi connectivity index (χ0v) is 19.6. The summed E-state index contributed by atoms with van der Waals surface area (Å²) in [5.74, 6) is 1.63. The quantitative estimate of drug-likeness (QED) is 0.494. The van der Waals surface area contributed by atoms with E-state index in [4.69, 9.17) is 10.5 Å². The predicted octanol–water partition coefficient (Wildman–Crippen LogP) is 3.19. The number of amides is 2. The Labute approximate surface area is 178 Å². The monoisotopic (exact) mass is 409 g/mol. The summed E-state index contributed by atoms with van der Waals surface area (Å²) in [6.07, 6.45) is 7.02. The molecule has 2 heterocycles. The standard InChI is InChI=1S/C23H45N4O2/c1-22(2,18-29-23(3,4)11-12-24)26(6)21(28)27-15-9-20(10-16-27)17-19-7-13-25(5)14-8-19/h19-20H,6-18,24H2,1-5H3/q+1. The summed E-state index contributed by atoms with van der Waals surface area (Å²) < 4.78 is 7.68. The van der Waals surface area contributed by atoms with Crippen molar-refractivity contribution in [1.29, 1.82) is 0 Å². The molecule has 6 nitrogen and oxygen atoms in total. The summed E-state index contributed by atoms with van der Waals surface area (Å²) in [6.45, 7) is 17.4. The third kappa shape index (κ3) is 7.34. The summed E-state index contributed by atoms with van der Waals surface area (Å²) in [5.41, 5.74) is 4.92. The third-order valence-electron chi connectivity index (χ3n) is 6.91. The van der Waals surface area contributed by atoms with Crippen LogP contribution in [0.3, 0.4) is 0 Å². The molecule has 2 saturated heterocycles. The van der Waals surface area contributed by atoms with Gasteiger partial charge in [0.1, 0.15) is 5.54 Å². The molecule has 2 N–H and O–H groups in total. The van der Waals surface area contributed by atoms with E-state index in [2.05, 4.69) is 18.7 Å². The molecule has 2 amide bonds. The first kappa shape index (κ1) is 24.3. The van der Waals surface area contributed by atoms with Gasteiger partial charge in [-0.1, -0.05) is 0 Å². The fraction of sp³-hybridized carbons (Fsp3) is 0.913. The highest BCUT2D eigenvalue weighted by molar-refractivity contribution is 5.68. The van der Waals surface area contributed by atoms with Crippen LogP contribution in [0.4, 0.5) is 4.79 Å². The third-order valence-corrected chi connectivity index (χ3v) is 6.91. The number of hydrogen-bond donors (Lipinski definition) is 1. The lowest BCUT2D eigenvalue weighted by Crippen LogP contribution is -2.52. The average molecular weight is 410 g/mol. The second-order valence-electron chi connectivity index (χ2n) is 10.5. The van der Waals surface area contributed by atoms with Crippen LogP contribution in [0.1, 0.15) is 66.2 Å². The SMILES string of the molecule is C=[N+](C(=O)N1CCC(CC2CCN(C)CC2)CC1)C(C)(C)COC(C)(C)CCN. The largest absolute Gasteiger partial charge is 0.493 e. The molecule has 0 aromatic carbocycles. The molecule has 0 radical (unpaired) electrons. The van der Waals surface area contributed by atoms with Crippen molar-refractivity contribution in [3.8, 4) is 0 Å². The first-order valence-electron chi connectivity index (χ1n) is 11.5. The van der Waals surface area contributed by atoms with Gasteiger partial charge in [-0.15, -0.1) is 0 Å². The molecule has 2 rings (SSSR count). The van der Waals surface area contributed by atoms with Crippen molar-refractivity contribution < 1.29 is 14.1 Å². The first-order valence-corrected chi connectivity index (χ1v) is 11.5. The Morgan fingerprint density at radius 1 is 1.07 bits per heavy atom. The average Bonchev–Trinajstić information content (AvgIpc) is 2.68. The Hall–Kier alpha value is -0.980. The second-order valence-corrected chi connectivity index (χ2v) is 10.5. The van der Waals surface area contributed by atoms with Crippen molar-refractivity contribution >= 4 is 12.7 Å². The molecule has 0 aromatic heterocycles. The molecule has 0 bridgehead atoms. The number of ether oxygens (including phenoxy) is 1. The van der Waals surface area contributed by atoms with E-state index in [-0.39, 0.29) is 11.6 Å². The highest BCUT2D eigenvalue weighted by Crippen LogP contribution is 2.30. The highest BCUT2D eigenvalue weighted by atomic mass is 16.5. The molecule has 0 aromatic rings. The molecule has 2 aliphatic rings. The van der Waals surface area contributed by atoms with Gasteiger partial charge in [0.25, 0.3) is 0 Å². The van der Waals surface area contributed by atoms with Crippen molar-refractivity contribution in [2.45, 2.75) is 77.4 Å². The van der Waals surface area contributed by atoms with Gasteiger partial charge in [0.05, 0.1) is 32.0 Å². The van der Waals surface area contributed by atoms with Gasteiger partial charge in [-0.2, -0.15) is 9.37 Å². The van der Waals surface area contributed by atoms with E-state index in [1.54, 1.807) is 4.58 Å². The van der Waals surface area contributed by atoms with Crippen LogP contribution in [-0.2, 0) is 4.74 Å². The van der Waals surface area contributed by atoms with Crippen LogP contribution in [0.25, 0.3) is 0 Å². The van der Waals surface area contributed by atoms with Crippen molar-refractivity contribution in [3.63, 3.8) is 0 Å². The maximum Gasteiger partial charge on any atom is 0.493 e. The van der Waals surface area contributed by atoms with Gasteiger partial charge >= 0.3 is 6.03 Å². The second kappa shape index (κ2) is 10.4. The van der Waals surface area contributed by atoms with Gasteiger partial charge in [-0.3, -0.25) is 0 Å². The first-order chi connectivity index (χ1) is 13.5. The Kier molecular flexibility index (Phi) is 8.68. The summed E-state index contributed by atoms with van der Waals surface area (Å²) in [4.78, 5) is 17.4. The Morgan fingerprint density at radius 2 is 1.59 bits per heavy atom. The lowest BCUT2D eigenvalue weighted by atomic mass is 9.83. The van der Waals surface area contributed by atoms with E-state index in [0.29, 0.717) is 13.2 Å². The van der Waals surface area contributed by atoms with E-state index in [1.165, 1.54) is 32.4 Å². The molecule has 0 aliphatic carbocycles. The normalized spacial score (nSPS) is 20.8. The number of nitrogens with two attached hydrogens (primary N) is 1. The van der Waals surface area contributed by atoms with Crippen LogP contribution in [0.2, 0.25) is 0 Å². The minimum absolute atomic E-state index is 0.0213. The van der Waals surface area contributed by atoms with Crippen molar-refractivity contribution in [3.05, 3.63) is 0 Å². The number of carbonyl (C=O) groups is 1. The number of rotatable bonds is 8. The van der Waals surface area contributed by atoms with Crippen molar-refractivity contribution in [1.82, 2.24) is 9.80 Å². The van der Waals surface area contributed by atoms with Crippen LogP contribution in [-0.4, -0.2) is 84.6 Å². The number of piperidine rings is 2. The number of urea groups is 1. The van der Waals surface area contributed by atoms with E-state index in [0.717, 1.165) is 44.2 Å². The van der Waals surface area contributed by atoms with Gasteiger partial charge in [-0.05, 0) is 105 Å². The Bertz CT molecular complexity index is 545. The summed E-state index contributed by atoms with van der Waals surface area (Å²) in [5, 5.41) is 0. The van der Waals surface area contributed by atoms with Crippen LogP contribution in [0.5, 0.6) is 0 Å². The molecule has 2 aliphatic heterocycles. The molecule has 29 heavy (non-hydrogen) atoms. The molecule has 0 saturated carbocycles. The smallest absolute Gasteiger partial charge is 0.371 e. The number of carbonyl (C=O) groups excluding carboxylic acids is 1. The molecule has 6 heteroatoms. The fourth-order valence-electron chi connectivity index (χ4n) is 4.43. The molecule has 2 fully saturated rings. The summed E-state index contributed by atoms with van der Waals surface area (Å²) in [7, 11) is 2.22. The minimum Gasteiger partial charge on any atom is -0.371 e. The number of nitrogens with zero attached hydrogens (tertiary/aromatic N) is 3. The summed E-state index contributed by atoms with van der Waals surface area (Å²) >= 11 is 0. The topological polar surface area (TPSA) is 61.8 Å². The lowest BCUT2D eigenvalue weighted by molar-refractivity contribution is -0.518. The van der Waals surface area contributed by atoms with Crippen LogP contribution < -0.4 is 5.73 Å². The van der Waals surface area contributed by atoms with Crippen LogP contribution >= 0.6 is 0 Å². The zero-order chi connectivity index (χ0) is 21.7. The Balaban J connectivity index is 1.79. The van der Waals surface area contributed by atoms with Crippen molar-refractivity contribution in [2.24, 2.45) is 17.6 Å². The van der Waals surface area contributed by atoms with E-state index in [9.17, 15) is 4.79 Å². The van der Waals surface area contributed by atoms with Crippen LogP contribution in [0.15, 0.2) is 0 Å². The maximum absolute atomic E-state index is 13.0. The molecule has 168 valence electrons. The van der Waals surface area contributed by atoms with Gasteiger partial charge < -0.3 is 15.4 Å². The zero-order valence-electron chi connectivity index (χ0n) is 19.6. The summed E-state index contributed by atoms with van der Waals surface area (Å²) in [6, 6.07) is 0.0213. The van der Waals surface area contributed by atoms with Gasteiger partial charge in [0.2, 0.25) is 0 Å². The van der Waals surface area contributed by atoms with Gasteiger partial charge in [-0.25, -0.2) is 4.90 Å². The van der Waals surface area contributed by atoms with Crippen molar-refractivity contribution in [2.75, 3.05) is 46.4 Å². The maximum atomic E-state index is 13.0. The van der Waals surface area contributed by atoms with Gasteiger partial charge in [0.15, 0.2) is 0 Å². The molecular formula is C23H45N4O2+. The predicted molar refractivity (Wildman–Crippen MR) is 120 cm³/mol. The molecule has 0 atom stereocenters. The van der Waals surface area contributed by atoms with E-state index >= 15 is 0 Å². The van der Waals surface area contributed by atoms with E-state index in [1.807, 2.05) is 32.6 Å². The highest BCUT2D eigenvalue weighted by Gasteiger charge is 2.39. The van der Waals surface area contributed by atoms with Crippen LogP contribution in [0, 0.1) is 11.8 Å². The molecule has 0 unspecified atom stereocenters. The lowest BCUT2D eigenvalue weighted by Gasteiger charge is -2.35. The fourth-order valence-corrected chi connectivity index (χ4v) is 4.43.